The fourth-order valence-electron chi connectivity index (χ4n) is 0.887. The van der Waals surface area contributed by atoms with Gasteiger partial charge in [0.25, 0.3) is 0 Å². The predicted octanol–water partition coefficient (Wildman–Crippen LogP) is 1.84. The Morgan fingerprint density at radius 2 is 2.50 bits per heavy atom. The van der Waals surface area contributed by atoms with E-state index in [-0.39, 0.29) is 0 Å². The first-order chi connectivity index (χ1) is 4.86. The fraction of sp³-hybridized carbons (Fsp3) is 0.500. The normalized spacial score (nSPS) is 23.3. The number of hydrogen-bond donors (Lipinski definition) is 0. The van der Waals surface area contributed by atoms with Gasteiger partial charge in [-0.1, -0.05) is 10.9 Å². The van der Waals surface area contributed by atoms with Gasteiger partial charge in [0, 0.05) is 12.0 Å². The molecule has 2 rings (SSSR count). The lowest BCUT2D eigenvalue weighted by atomic mass is 10.3. The summed E-state index contributed by atoms with van der Waals surface area (Å²) in [5.74, 6) is 1.54. The van der Waals surface area contributed by atoms with Gasteiger partial charge < -0.3 is 4.84 Å². The summed E-state index contributed by atoms with van der Waals surface area (Å²) < 4.78 is 0. The third-order valence-electron chi connectivity index (χ3n) is 1.66. The van der Waals surface area contributed by atoms with Crippen LogP contribution in [0.4, 0.5) is 0 Å². The molecule has 0 bridgehead atoms. The van der Waals surface area contributed by atoms with Gasteiger partial charge in [-0.2, -0.15) is 0 Å². The van der Waals surface area contributed by atoms with Crippen molar-refractivity contribution in [1.29, 1.82) is 0 Å². The molecule has 1 aliphatic heterocycles. The van der Waals surface area contributed by atoms with E-state index in [0.29, 0.717) is 5.92 Å². The van der Waals surface area contributed by atoms with Crippen molar-refractivity contribution in [1.82, 2.24) is 0 Å². The van der Waals surface area contributed by atoms with E-state index in [1.807, 2.05) is 13.0 Å². The Balaban J connectivity index is 2.19. The molecular formula is C8H9NO. The van der Waals surface area contributed by atoms with Gasteiger partial charge in [0.2, 0.25) is 0 Å². The summed E-state index contributed by atoms with van der Waals surface area (Å²) in [6, 6.07) is 0. The largest absolute Gasteiger partial charge is 0.352 e. The van der Waals surface area contributed by atoms with Crippen molar-refractivity contribution >= 4 is 5.71 Å². The second-order valence-corrected chi connectivity index (χ2v) is 2.75. The highest BCUT2D eigenvalue weighted by molar-refractivity contribution is 5.92. The highest BCUT2D eigenvalue weighted by atomic mass is 16.6. The Hall–Kier alpha value is -1.01. The summed E-state index contributed by atoms with van der Waals surface area (Å²) in [5, 5.41) is 3.83. The lowest BCUT2D eigenvalue weighted by molar-refractivity contribution is 0.209. The molecule has 0 aromatic carbocycles. The molecule has 0 saturated heterocycles. The fourth-order valence-corrected chi connectivity index (χ4v) is 0.887. The van der Waals surface area contributed by atoms with Crippen LogP contribution < -0.4 is 0 Å². The van der Waals surface area contributed by atoms with Gasteiger partial charge >= 0.3 is 0 Å². The summed E-state index contributed by atoms with van der Waals surface area (Å²) in [6.45, 7) is 1.90. The number of rotatable bonds is 1. The van der Waals surface area contributed by atoms with E-state index < -0.39 is 0 Å². The lowest BCUT2D eigenvalue weighted by Gasteiger charge is -2.02. The predicted molar refractivity (Wildman–Crippen MR) is 38.5 cm³/mol. The summed E-state index contributed by atoms with van der Waals surface area (Å²) in [5.41, 5.74) is 3.96. The van der Waals surface area contributed by atoms with Crippen molar-refractivity contribution in [3.63, 3.8) is 0 Å². The highest BCUT2D eigenvalue weighted by Gasteiger charge is 2.28. The maximum Gasteiger partial charge on any atom is 0.180 e. The molecule has 1 saturated carbocycles. The van der Waals surface area contributed by atoms with Crippen molar-refractivity contribution in [2.75, 3.05) is 0 Å². The van der Waals surface area contributed by atoms with Gasteiger partial charge in [0.05, 0.1) is 5.71 Å². The Morgan fingerprint density at radius 3 is 3.00 bits per heavy atom. The van der Waals surface area contributed by atoms with Gasteiger partial charge in [0.15, 0.2) is 5.76 Å². The lowest BCUT2D eigenvalue weighted by Crippen LogP contribution is -1.95. The molecule has 1 aliphatic carbocycles. The average molecular weight is 135 g/mol. The van der Waals surface area contributed by atoms with Crippen LogP contribution in [0.5, 0.6) is 0 Å². The van der Waals surface area contributed by atoms with Crippen LogP contribution in [-0.2, 0) is 4.84 Å². The molecule has 0 atom stereocenters. The molecule has 0 amide bonds. The molecule has 0 radical (unpaired) electrons. The zero-order chi connectivity index (χ0) is 6.97. The zero-order valence-corrected chi connectivity index (χ0v) is 5.92. The number of allylic oxidation sites excluding steroid dienone is 1. The van der Waals surface area contributed by atoms with Crippen LogP contribution in [0.2, 0.25) is 0 Å². The van der Waals surface area contributed by atoms with Crippen molar-refractivity contribution < 1.29 is 4.84 Å². The Labute approximate surface area is 59.9 Å². The first-order valence-electron chi connectivity index (χ1n) is 3.54. The molecular weight excluding hydrogens is 126 g/mol. The minimum Gasteiger partial charge on any atom is -0.352 e. The van der Waals surface area contributed by atoms with E-state index >= 15 is 0 Å². The number of oxime groups is 1. The smallest absolute Gasteiger partial charge is 0.180 e. The average Bonchev–Trinajstić information content (AvgIpc) is 2.71. The van der Waals surface area contributed by atoms with E-state index in [0.717, 1.165) is 11.5 Å². The quantitative estimate of drug-likeness (QED) is 0.503. The number of nitrogens with zero attached hydrogens (tertiary/aromatic N) is 1. The second kappa shape index (κ2) is 1.99. The molecule has 2 aliphatic rings. The summed E-state index contributed by atoms with van der Waals surface area (Å²) >= 11 is 0. The minimum absolute atomic E-state index is 0.619. The summed E-state index contributed by atoms with van der Waals surface area (Å²) in [6.07, 6.45) is 4.35. The van der Waals surface area contributed by atoms with Crippen molar-refractivity contribution in [3.05, 3.63) is 17.6 Å². The van der Waals surface area contributed by atoms with Gasteiger partial charge in [-0.25, -0.2) is 0 Å². The molecule has 52 valence electrons. The number of hydrogen-bond acceptors (Lipinski definition) is 2. The molecule has 2 heteroatoms. The zero-order valence-electron chi connectivity index (χ0n) is 5.92. The van der Waals surface area contributed by atoms with Crippen LogP contribution in [0.3, 0.4) is 0 Å². The summed E-state index contributed by atoms with van der Waals surface area (Å²) in [7, 11) is 0. The minimum atomic E-state index is 0.619. The molecule has 10 heavy (non-hydrogen) atoms. The molecule has 0 spiro atoms. The van der Waals surface area contributed by atoms with E-state index in [1.54, 1.807) is 0 Å². The van der Waals surface area contributed by atoms with Gasteiger partial charge in [-0.05, 0) is 19.8 Å². The molecule has 1 fully saturated rings. The second-order valence-electron chi connectivity index (χ2n) is 2.75. The van der Waals surface area contributed by atoms with E-state index in [2.05, 4.69) is 10.9 Å². The maximum absolute atomic E-state index is 5.08. The monoisotopic (exact) mass is 135 g/mol. The standard InChI is InChI=1S/C8H9NO/c1-6-2-5-8(10-9-6)7-3-4-7/h2,7H,3-4H2,1H3. The Bertz CT molecular complexity index is 242. The van der Waals surface area contributed by atoms with Gasteiger partial charge in [-0.3, -0.25) is 0 Å². The molecule has 0 aromatic rings. The van der Waals surface area contributed by atoms with Gasteiger partial charge in [0.1, 0.15) is 0 Å². The Morgan fingerprint density at radius 1 is 1.70 bits per heavy atom. The van der Waals surface area contributed by atoms with Crippen LogP contribution >= 0.6 is 0 Å². The van der Waals surface area contributed by atoms with Crippen LogP contribution in [-0.4, -0.2) is 5.71 Å². The van der Waals surface area contributed by atoms with Gasteiger partial charge in [-0.15, -0.1) is 0 Å². The van der Waals surface area contributed by atoms with Crippen LogP contribution in [0.1, 0.15) is 19.8 Å². The molecule has 0 N–H and O–H groups in total. The van der Waals surface area contributed by atoms with Crippen molar-refractivity contribution in [2.45, 2.75) is 19.8 Å². The first-order valence-corrected chi connectivity index (χ1v) is 3.54. The molecule has 0 aromatic heterocycles. The SMILES string of the molecule is CC1=NOC(C2CC2)=C=C1. The molecule has 1 heterocycles. The topological polar surface area (TPSA) is 21.6 Å². The van der Waals surface area contributed by atoms with E-state index in [9.17, 15) is 0 Å². The van der Waals surface area contributed by atoms with Crippen LogP contribution in [0.25, 0.3) is 0 Å². The van der Waals surface area contributed by atoms with E-state index in [1.165, 1.54) is 12.8 Å². The third kappa shape index (κ3) is 0.981. The highest BCUT2D eigenvalue weighted by Crippen LogP contribution is 2.37. The van der Waals surface area contributed by atoms with Crippen molar-refractivity contribution in [2.24, 2.45) is 11.1 Å². The van der Waals surface area contributed by atoms with E-state index in [4.69, 9.17) is 4.84 Å². The van der Waals surface area contributed by atoms with Crippen LogP contribution in [0.15, 0.2) is 22.7 Å². The molecule has 2 nitrogen and oxygen atoms in total. The van der Waals surface area contributed by atoms with Crippen molar-refractivity contribution in [3.8, 4) is 0 Å². The molecule has 0 unspecified atom stereocenters. The Kier molecular flexibility index (Phi) is 1.15. The third-order valence-corrected chi connectivity index (χ3v) is 1.66. The maximum atomic E-state index is 5.08. The van der Waals surface area contributed by atoms with Crippen LogP contribution in [0, 0.1) is 5.92 Å². The summed E-state index contributed by atoms with van der Waals surface area (Å²) in [4.78, 5) is 5.08. The first kappa shape index (κ1) is 5.75.